The summed E-state index contributed by atoms with van der Waals surface area (Å²) in [6.45, 7) is 5.86. The smallest absolute Gasteiger partial charge is 0.220 e. The van der Waals surface area contributed by atoms with Gasteiger partial charge in [0, 0.05) is 13.0 Å². The van der Waals surface area contributed by atoms with Crippen LogP contribution in [0.25, 0.3) is 0 Å². The summed E-state index contributed by atoms with van der Waals surface area (Å²) in [5, 5.41) is 3.01. The fourth-order valence-electron chi connectivity index (χ4n) is 1.92. The minimum atomic E-state index is 0.206. The van der Waals surface area contributed by atoms with Crippen LogP contribution in [0.5, 0.6) is 0 Å². The number of carbonyl (C=O) groups is 1. The van der Waals surface area contributed by atoms with Crippen LogP contribution in [0, 0.1) is 5.92 Å². The Kier molecular flexibility index (Phi) is 11.5. The summed E-state index contributed by atoms with van der Waals surface area (Å²) >= 11 is 0. The Balaban J connectivity index is 3.44. The van der Waals surface area contributed by atoms with Gasteiger partial charge in [-0.05, 0) is 25.3 Å². The van der Waals surface area contributed by atoms with Crippen LogP contribution in [0.2, 0.25) is 0 Å². The van der Waals surface area contributed by atoms with Crippen molar-refractivity contribution in [2.75, 3.05) is 13.1 Å². The molecule has 0 aliphatic heterocycles. The van der Waals surface area contributed by atoms with Crippen LogP contribution in [0.15, 0.2) is 0 Å². The molecule has 102 valence electrons. The first-order valence-corrected chi connectivity index (χ1v) is 7.21. The van der Waals surface area contributed by atoms with Gasteiger partial charge in [-0.2, -0.15) is 0 Å². The van der Waals surface area contributed by atoms with Gasteiger partial charge in [-0.25, -0.2) is 0 Å². The summed E-state index contributed by atoms with van der Waals surface area (Å²) in [4.78, 5) is 11.6. The lowest BCUT2D eigenvalue weighted by Crippen LogP contribution is -2.29. The second-order valence-electron chi connectivity index (χ2n) is 4.82. The van der Waals surface area contributed by atoms with Crippen LogP contribution in [-0.4, -0.2) is 19.0 Å². The van der Waals surface area contributed by atoms with Crippen LogP contribution in [0.3, 0.4) is 0 Å². The van der Waals surface area contributed by atoms with Gasteiger partial charge in [-0.3, -0.25) is 4.79 Å². The summed E-state index contributed by atoms with van der Waals surface area (Å²) in [6, 6.07) is 0. The van der Waals surface area contributed by atoms with Crippen LogP contribution < -0.4 is 11.1 Å². The van der Waals surface area contributed by atoms with E-state index in [4.69, 9.17) is 5.73 Å². The van der Waals surface area contributed by atoms with E-state index in [0.29, 0.717) is 18.9 Å². The van der Waals surface area contributed by atoms with E-state index in [-0.39, 0.29) is 5.91 Å². The number of rotatable bonds is 11. The standard InChI is InChI=1S/C14H30N2O/c1-3-5-6-7-8-9-14(17)16-12-13(4-2)10-11-15/h13H,3-12,15H2,1-2H3,(H,16,17). The third-order valence-corrected chi connectivity index (χ3v) is 3.25. The number of carbonyl (C=O) groups excluding carboxylic acids is 1. The lowest BCUT2D eigenvalue weighted by Gasteiger charge is -2.14. The van der Waals surface area contributed by atoms with Crippen molar-refractivity contribution in [1.29, 1.82) is 0 Å². The fourth-order valence-corrected chi connectivity index (χ4v) is 1.92. The molecule has 0 fully saturated rings. The van der Waals surface area contributed by atoms with E-state index in [9.17, 15) is 4.79 Å². The minimum absolute atomic E-state index is 0.206. The van der Waals surface area contributed by atoms with Gasteiger partial charge < -0.3 is 11.1 Å². The van der Waals surface area contributed by atoms with Gasteiger partial charge >= 0.3 is 0 Å². The third kappa shape index (κ3) is 10.3. The van der Waals surface area contributed by atoms with Gasteiger partial charge in [-0.15, -0.1) is 0 Å². The van der Waals surface area contributed by atoms with Gasteiger partial charge in [0.15, 0.2) is 0 Å². The molecule has 0 saturated carbocycles. The lowest BCUT2D eigenvalue weighted by molar-refractivity contribution is -0.121. The number of nitrogens with one attached hydrogen (secondary N) is 1. The molecular weight excluding hydrogens is 212 g/mol. The molecule has 1 atom stereocenters. The van der Waals surface area contributed by atoms with E-state index in [1.54, 1.807) is 0 Å². The van der Waals surface area contributed by atoms with E-state index in [0.717, 1.165) is 25.8 Å². The Bertz CT molecular complexity index is 183. The summed E-state index contributed by atoms with van der Waals surface area (Å²) < 4.78 is 0. The lowest BCUT2D eigenvalue weighted by atomic mass is 10.0. The quantitative estimate of drug-likeness (QED) is 0.547. The number of nitrogens with two attached hydrogens (primary N) is 1. The maximum absolute atomic E-state index is 11.6. The zero-order valence-corrected chi connectivity index (χ0v) is 11.6. The summed E-state index contributed by atoms with van der Waals surface area (Å²) in [5.74, 6) is 0.751. The molecule has 0 aliphatic carbocycles. The van der Waals surface area contributed by atoms with E-state index < -0.39 is 0 Å². The maximum atomic E-state index is 11.6. The third-order valence-electron chi connectivity index (χ3n) is 3.25. The van der Waals surface area contributed by atoms with Crippen LogP contribution >= 0.6 is 0 Å². The SMILES string of the molecule is CCCCCCCC(=O)NCC(CC)CCN. The Hall–Kier alpha value is -0.570. The van der Waals surface area contributed by atoms with Crippen molar-refractivity contribution in [1.82, 2.24) is 5.32 Å². The molecule has 0 aromatic heterocycles. The number of unbranched alkanes of at least 4 members (excludes halogenated alkanes) is 4. The molecule has 0 aromatic carbocycles. The Morgan fingerprint density at radius 2 is 1.88 bits per heavy atom. The first-order valence-electron chi connectivity index (χ1n) is 7.21. The molecule has 0 aliphatic rings. The molecule has 0 heterocycles. The van der Waals surface area contributed by atoms with Crippen molar-refractivity contribution in [2.24, 2.45) is 11.7 Å². The van der Waals surface area contributed by atoms with E-state index >= 15 is 0 Å². The molecule has 0 rings (SSSR count). The highest BCUT2D eigenvalue weighted by Gasteiger charge is 2.07. The van der Waals surface area contributed by atoms with Crippen molar-refractivity contribution >= 4 is 5.91 Å². The number of hydrogen-bond acceptors (Lipinski definition) is 2. The van der Waals surface area contributed by atoms with Gasteiger partial charge in [0.1, 0.15) is 0 Å². The predicted molar refractivity (Wildman–Crippen MR) is 73.8 cm³/mol. The largest absolute Gasteiger partial charge is 0.356 e. The monoisotopic (exact) mass is 242 g/mol. The number of hydrogen-bond donors (Lipinski definition) is 2. The van der Waals surface area contributed by atoms with E-state index in [1.807, 2.05) is 0 Å². The van der Waals surface area contributed by atoms with Crippen molar-refractivity contribution in [3.05, 3.63) is 0 Å². The van der Waals surface area contributed by atoms with Gasteiger partial charge in [-0.1, -0.05) is 46.0 Å². The molecule has 0 aromatic rings. The average Bonchev–Trinajstić information content (AvgIpc) is 2.34. The van der Waals surface area contributed by atoms with Gasteiger partial charge in [0.05, 0.1) is 0 Å². The molecule has 1 unspecified atom stereocenters. The second kappa shape index (κ2) is 11.9. The first-order chi connectivity index (χ1) is 8.24. The van der Waals surface area contributed by atoms with Crippen molar-refractivity contribution in [2.45, 2.75) is 65.2 Å². The van der Waals surface area contributed by atoms with Gasteiger partial charge in [0.2, 0.25) is 5.91 Å². The Labute approximate surface area is 107 Å². The zero-order valence-electron chi connectivity index (χ0n) is 11.6. The predicted octanol–water partition coefficient (Wildman–Crippen LogP) is 2.84. The highest BCUT2D eigenvalue weighted by Crippen LogP contribution is 2.07. The average molecular weight is 242 g/mol. The van der Waals surface area contributed by atoms with Crippen LogP contribution in [-0.2, 0) is 4.79 Å². The van der Waals surface area contributed by atoms with E-state index in [2.05, 4.69) is 19.2 Å². The molecule has 0 saturated heterocycles. The molecule has 0 bridgehead atoms. The molecule has 3 heteroatoms. The molecule has 17 heavy (non-hydrogen) atoms. The topological polar surface area (TPSA) is 55.1 Å². The Morgan fingerprint density at radius 1 is 1.18 bits per heavy atom. The fraction of sp³-hybridized carbons (Fsp3) is 0.929. The molecule has 0 radical (unpaired) electrons. The second-order valence-corrected chi connectivity index (χ2v) is 4.82. The summed E-state index contributed by atoms with van der Waals surface area (Å²) in [7, 11) is 0. The first kappa shape index (κ1) is 16.4. The Morgan fingerprint density at radius 3 is 2.47 bits per heavy atom. The molecule has 0 spiro atoms. The summed E-state index contributed by atoms with van der Waals surface area (Å²) in [6.07, 6.45) is 8.79. The van der Waals surface area contributed by atoms with Gasteiger partial charge in [0.25, 0.3) is 0 Å². The normalized spacial score (nSPS) is 12.4. The van der Waals surface area contributed by atoms with Crippen molar-refractivity contribution in [3.8, 4) is 0 Å². The molecule has 3 nitrogen and oxygen atoms in total. The van der Waals surface area contributed by atoms with Crippen molar-refractivity contribution in [3.63, 3.8) is 0 Å². The zero-order chi connectivity index (χ0) is 12.9. The van der Waals surface area contributed by atoms with E-state index in [1.165, 1.54) is 25.7 Å². The highest BCUT2D eigenvalue weighted by atomic mass is 16.1. The molecule has 3 N–H and O–H groups in total. The number of amides is 1. The van der Waals surface area contributed by atoms with Crippen LogP contribution in [0.4, 0.5) is 0 Å². The molecular formula is C14H30N2O. The maximum Gasteiger partial charge on any atom is 0.220 e. The minimum Gasteiger partial charge on any atom is -0.356 e. The molecule has 1 amide bonds. The summed E-state index contributed by atoms with van der Waals surface area (Å²) in [5.41, 5.74) is 5.53. The highest BCUT2D eigenvalue weighted by molar-refractivity contribution is 5.75. The van der Waals surface area contributed by atoms with Crippen LogP contribution in [0.1, 0.15) is 65.2 Å². The van der Waals surface area contributed by atoms with Crippen molar-refractivity contribution < 1.29 is 4.79 Å².